The predicted molar refractivity (Wildman–Crippen MR) is 154 cm³/mol. The Balaban J connectivity index is -0.000000124. The van der Waals surface area contributed by atoms with Crippen molar-refractivity contribution in [1.29, 1.82) is 0 Å². The van der Waals surface area contributed by atoms with E-state index in [9.17, 15) is 19.2 Å². The molecule has 0 aliphatic rings. The van der Waals surface area contributed by atoms with E-state index in [1.807, 2.05) is 20.8 Å². The van der Waals surface area contributed by atoms with Crippen molar-refractivity contribution in [2.45, 2.75) is 60.0 Å². The summed E-state index contributed by atoms with van der Waals surface area (Å²) < 4.78 is 18.5. The second-order valence-corrected chi connectivity index (χ2v) is 12.1. The van der Waals surface area contributed by atoms with E-state index < -0.39 is 11.6 Å². The molecule has 12 heteroatoms. The standard InChI is InChI=1S/C9H16O2.C7H12O2.C5H8O3.C5H8O2.2BrH.Cu/c1-4-8(5-2)7-11-9(10)6-3;1-5-6(8)9-7(2,3)4;1-2-5(7)8-4-3-6;1-3-5(6)7-4-2;;;/h6,8H,3-5,7H2,1-2H3;5H,1H2,2-4H3;2,6H,1,3-4H2;3H,1,4H2,2H3;2*1H;/q;;;;;;+2/p-2. The number of halogens is 2. The third-order valence-corrected chi connectivity index (χ3v) is 3.31. The average Bonchev–Trinajstić information content (AvgIpc) is 2.88. The molecule has 0 aromatic carbocycles. The molecule has 0 saturated heterocycles. The van der Waals surface area contributed by atoms with E-state index in [0.29, 0.717) is 19.1 Å². The Hall–Kier alpha value is -1.72. The molecule has 0 rings (SSSR count). The topological polar surface area (TPSA) is 125 Å². The van der Waals surface area contributed by atoms with Crippen LogP contribution < -0.4 is 0 Å². The number of esters is 4. The quantitative estimate of drug-likeness (QED) is 0.122. The molecule has 0 aromatic rings. The Bertz CT molecular complexity index is 660. The first-order valence-corrected chi connectivity index (χ1v) is 16.0. The van der Waals surface area contributed by atoms with Gasteiger partial charge in [-0.05, 0) is 33.6 Å². The zero-order valence-electron chi connectivity index (χ0n) is 23.2. The third-order valence-electron chi connectivity index (χ3n) is 3.31. The molecule has 0 amide bonds. The van der Waals surface area contributed by atoms with Gasteiger partial charge < -0.3 is 24.1 Å². The van der Waals surface area contributed by atoms with Crippen LogP contribution >= 0.6 is 28.2 Å². The Labute approximate surface area is 248 Å². The van der Waals surface area contributed by atoms with E-state index in [2.05, 4.69) is 77.9 Å². The van der Waals surface area contributed by atoms with E-state index in [0.717, 1.165) is 31.1 Å². The van der Waals surface area contributed by atoms with Crippen molar-refractivity contribution in [2.75, 3.05) is 26.4 Å². The second-order valence-electron chi connectivity index (χ2n) is 7.35. The van der Waals surface area contributed by atoms with Crippen molar-refractivity contribution in [3.8, 4) is 0 Å². The Morgan fingerprint density at radius 3 is 1.39 bits per heavy atom. The summed E-state index contributed by atoms with van der Waals surface area (Å²) in [6.45, 7) is 25.2. The van der Waals surface area contributed by atoms with Gasteiger partial charge in [-0.25, -0.2) is 19.2 Å². The molecular weight excluding hydrogens is 680 g/mol. The van der Waals surface area contributed by atoms with Crippen LogP contribution in [0, 0.1) is 5.92 Å². The third kappa shape index (κ3) is 51.0. The number of aliphatic hydroxyl groups is 1. The molecular formula is C26H44Br2CuO9. The molecule has 0 radical (unpaired) electrons. The summed E-state index contributed by atoms with van der Waals surface area (Å²) in [4.78, 5) is 41.3. The van der Waals surface area contributed by atoms with Gasteiger partial charge in [-0.1, -0.05) is 53.0 Å². The van der Waals surface area contributed by atoms with Gasteiger partial charge >= 0.3 is 63.4 Å². The summed E-state index contributed by atoms with van der Waals surface area (Å²) >= 11 is 7.38. The number of carbonyl (C=O) groups excluding carboxylic acids is 4. The van der Waals surface area contributed by atoms with Crippen LogP contribution in [0.25, 0.3) is 0 Å². The van der Waals surface area contributed by atoms with Gasteiger partial charge in [0.05, 0.1) is 19.8 Å². The fourth-order valence-corrected chi connectivity index (χ4v) is 1.53. The van der Waals surface area contributed by atoms with E-state index in [4.69, 9.17) is 14.6 Å². The molecule has 0 heterocycles. The number of hydrogen-bond acceptors (Lipinski definition) is 9. The van der Waals surface area contributed by atoms with Crippen LogP contribution in [0.3, 0.4) is 0 Å². The van der Waals surface area contributed by atoms with E-state index >= 15 is 0 Å². The van der Waals surface area contributed by atoms with Gasteiger partial charge in [-0.15, -0.1) is 0 Å². The minimum absolute atomic E-state index is 0.0465. The number of ether oxygens (including phenoxy) is 4. The maximum absolute atomic E-state index is 10.6. The molecule has 227 valence electrons. The number of hydrogen-bond donors (Lipinski definition) is 1. The van der Waals surface area contributed by atoms with Gasteiger partial charge in [0.25, 0.3) is 0 Å². The van der Waals surface area contributed by atoms with Crippen LogP contribution in [0.15, 0.2) is 50.6 Å². The molecule has 0 aliphatic heterocycles. The molecule has 0 bridgehead atoms. The first-order valence-electron chi connectivity index (χ1n) is 11.4. The van der Waals surface area contributed by atoms with Gasteiger partial charge in [0.2, 0.25) is 0 Å². The van der Waals surface area contributed by atoms with Gasteiger partial charge in [0.15, 0.2) is 0 Å². The molecule has 0 fully saturated rings. The molecule has 0 aromatic heterocycles. The molecule has 1 N–H and O–H groups in total. The normalized spacial score (nSPS) is 9.00. The molecule has 0 saturated carbocycles. The average molecular weight is 724 g/mol. The molecule has 0 aliphatic carbocycles. The first-order chi connectivity index (χ1) is 17.7. The molecule has 0 atom stereocenters. The van der Waals surface area contributed by atoms with Crippen molar-refractivity contribution in [1.82, 2.24) is 0 Å². The zero-order valence-corrected chi connectivity index (χ0v) is 27.3. The fourth-order valence-electron chi connectivity index (χ4n) is 1.53. The van der Waals surface area contributed by atoms with Crippen LogP contribution in [-0.4, -0.2) is 61.0 Å². The van der Waals surface area contributed by atoms with Crippen molar-refractivity contribution >= 4 is 52.1 Å². The monoisotopic (exact) mass is 721 g/mol. The van der Waals surface area contributed by atoms with Gasteiger partial charge in [0.1, 0.15) is 12.2 Å². The van der Waals surface area contributed by atoms with Crippen LogP contribution in [0.5, 0.6) is 0 Å². The van der Waals surface area contributed by atoms with Gasteiger partial charge in [0, 0.05) is 24.3 Å². The first kappa shape index (κ1) is 46.2. The minimum atomic E-state index is -0.501. The van der Waals surface area contributed by atoms with Gasteiger partial charge in [-0.3, -0.25) is 0 Å². The summed E-state index contributed by atoms with van der Waals surface area (Å²) in [6, 6.07) is 0. The van der Waals surface area contributed by atoms with Crippen LogP contribution in [0.4, 0.5) is 0 Å². The van der Waals surface area contributed by atoms with Crippen molar-refractivity contribution in [2.24, 2.45) is 5.92 Å². The maximum atomic E-state index is 10.6. The second kappa shape index (κ2) is 35.3. The number of rotatable bonds is 11. The predicted octanol–water partition coefficient (Wildman–Crippen LogP) is 5.80. The van der Waals surface area contributed by atoms with E-state index in [-0.39, 0.29) is 31.1 Å². The molecule has 0 unspecified atom stereocenters. The molecule has 9 nitrogen and oxygen atoms in total. The SMILES string of the molecule is C=CC(=O)OC(C)(C)C.C=CC(=O)OCC.C=CC(=O)OCC(CC)CC.C=CC(=O)OCCO.[Br][Cu][Br]. The Morgan fingerprint density at radius 2 is 1.16 bits per heavy atom. The van der Waals surface area contributed by atoms with Gasteiger partial charge in [-0.2, -0.15) is 0 Å². The molecule has 0 spiro atoms. The molecule has 38 heavy (non-hydrogen) atoms. The Kier molecular flexibility index (Phi) is 42.8. The van der Waals surface area contributed by atoms with Crippen LogP contribution in [0.1, 0.15) is 54.4 Å². The Morgan fingerprint density at radius 1 is 0.789 bits per heavy atom. The van der Waals surface area contributed by atoms with Crippen molar-refractivity contribution in [3.05, 3.63) is 50.6 Å². The number of aliphatic hydroxyl groups excluding tert-OH is 1. The van der Waals surface area contributed by atoms with E-state index in [1.54, 1.807) is 6.92 Å². The van der Waals surface area contributed by atoms with Crippen molar-refractivity contribution in [3.63, 3.8) is 0 Å². The van der Waals surface area contributed by atoms with Crippen LogP contribution in [0.2, 0.25) is 0 Å². The fraction of sp³-hybridized carbons (Fsp3) is 0.538. The van der Waals surface area contributed by atoms with Crippen molar-refractivity contribution < 1.29 is 54.6 Å². The summed E-state index contributed by atoms with van der Waals surface area (Å²) in [5.74, 6) is -1.06. The summed E-state index contributed by atoms with van der Waals surface area (Å²) in [5.41, 5.74) is -0.398. The van der Waals surface area contributed by atoms with Crippen LogP contribution in [-0.2, 0) is 49.5 Å². The summed E-state index contributed by atoms with van der Waals surface area (Å²) in [5, 5.41) is 8.10. The summed E-state index contributed by atoms with van der Waals surface area (Å²) in [7, 11) is 0. The summed E-state index contributed by atoms with van der Waals surface area (Å²) in [6.07, 6.45) is 6.66. The number of carbonyl (C=O) groups is 4. The van der Waals surface area contributed by atoms with E-state index in [1.165, 1.54) is 17.4 Å². The zero-order chi connectivity index (χ0) is 31.0.